The van der Waals surface area contributed by atoms with Crippen LogP contribution in [0, 0.1) is 5.41 Å². The number of aliphatic carboxylic acids is 1. The van der Waals surface area contributed by atoms with Gasteiger partial charge in [0.15, 0.2) is 0 Å². The Bertz CT molecular complexity index is 172. The van der Waals surface area contributed by atoms with Crippen molar-refractivity contribution in [2.75, 3.05) is 0 Å². The zero-order chi connectivity index (χ0) is 6.70. The maximum absolute atomic E-state index is 10.4. The summed E-state index contributed by atoms with van der Waals surface area (Å²) in [5, 5.41) is 10.4. The SMILES string of the molecule is O=C([O-])C12CC(Br)(C1)C2.[Na+]. The van der Waals surface area contributed by atoms with Gasteiger partial charge in [0.1, 0.15) is 0 Å². The van der Waals surface area contributed by atoms with Gasteiger partial charge < -0.3 is 9.90 Å². The van der Waals surface area contributed by atoms with Gasteiger partial charge in [-0.3, -0.25) is 0 Å². The quantitative estimate of drug-likeness (QED) is 0.345. The minimum Gasteiger partial charge on any atom is -0.550 e. The molecule has 0 spiro atoms. The second kappa shape index (κ2) is 2.22. The summed E-state index contributed by atoms with van der Waals surface area (Å²) in [5.41, 5.74) is -0.413. The molecule has 0 amide bonds. The third kappa shape index (κ3) is 0.909. The molecule has 0 unspecified atom stereocenters. The molecule has 0 N–H and O–H groups in total. The van der Waals surface area contributed by atoms with Crippen LogP contribution in [0.15, 0.2) is 0 Å². The van der Waals surface area contributed by atoms with Gasteiger partial charge in [0, 0.05) is 15.7 Å². The topological polar surface area (TPSA) is 40.1 Å². The average molecular weight is 213 g/mol. The van der Waals surface area contributed by atoms with Crippen LogP contribution in [-0.4, -0.2) is 10.3 Å². The first-order valence-electron chi connectivity index (χ1n) is 2.97. The number of alkyl halides is 1. The molecule has 50 valence electrons. The first kappa shape index (κ1) is 9.04. The van der Waals surface area contributed by atoms with E-state index in [0.29, 0.717) is 0 Å². The largest absolute Gasteiger partial charge is 1.00 e. The van der Waals surface area contributed by atoms with Crippen molar-refractivity contribution in [3.05, 3.63) is 0 Å². The van der Waals surface area contributed by atoms with E-state index in [-0.39, 0.29) is 33.9 Å². The van der Waals surface area contributed by atoms with Crippen LogP contribution in [0.5, 0.6) is 0 Å². The van der Waals surface area contributed by atoms with E-state index in [1.807, 2.05) is 0 Å². The molecule has 10 heavy (non-hydrogen) atoms. The summed E-state index contributed by atoms with van der Waals surface area (Å²) in [6.45, 7) is 0. The summed E-state index contributed by atoms with van der Waals surface area (Å²) >= 11 is 3.44. The fourth-order valence-electron chi connectivity index (χ4n) is 1.88. The van der Waals surface area contributed by atoms with Crippen molar-refractivity contribution in [1.29, 1.82) is 0 Å². The Kier molecular flexibility index (Phi) is 2.01. The van der Waals surface area contributed by atoms with Crippen LogP contribution in [0.3, 0.4) is 0 Å². The average Bonchev–Trinajstić information content (AvgIpc) is 1.54. The molecule has 3 rings (SSSR count). The molecule has 3 aliphatic rings. The zero-order valence-corrected chi connectivity index (χ0v) is 9.40. The number of carboxylic acid groups (broad SMARTS) is 1. The maximum atomic E-state index is 10.4. The van der Waals surface area contributed by atoms with Crippen molar-refractivity contribution in [2.45, 2.75) is 23.6 Å². The first-order valence-corrected chi connectivity index (χ1v) is 3.76. The molecule has 0 atom stereocenters. The molecule has 4 heteroatoms. The maximum Gasteiger partial charge on any atom is 1.00 e. The third-order valence-electron chi connectivity index (χ3n) is 2.40. The van der Waals surface area contributed by atoms with Crippen LogP contribution in [0.1, 0.15) is 19.3 Å². The number of hydrogen-bond donors (Lipinski definition) is 0. The summed E-state index contributed by atoms with van der Waals surface area (Å²) < 4.78 is 0.201. The second-order valence-corrected chi connectivity index (χ2v) is 4.93. The standard InChI is InChI=1S/C6H7BrO2.Na/c7-6-1-5(2-6,3-6)4(8)9;/h1-3H2,(H,8,9);/q;+1/p-1. The Morgan fingerprint density at radius 1 is 1.40 bits per heavy atom. The minimum atomic E-state index is -0.858. The smallest absolute Gasteiger partial charge is 0.550 e. The second-order valence-electron chi connectivity index (χ2n) is 3.25. The van der Waals surface area contributed by atoms with Crippen LogP contribution in [0.2, 0.25) is 0 Å². The van der Waals surface area contributed by atoms with E-state index in [9.17, 15) is 9.90 Å². The Morgan fingerprint density at radius 3 is 1.90 bits per heavy atom. The minimum absolute atomic E-state index is 0. The molecule has 0 radical (unpaired) electrons. The Hall–Kier alpha value is 0.950. The fourth-order valence-corrected chi connectivity index (χ4v) is 3.49. The molecule has 3 fully saturated rings. The van der Waals surface area contributed by atoms with Gasteiger partial charge in [-0.1, -0.05) is 15.9 Å². The molecule has 0 aromatic heterocycles. The summed E-state index contributed by atoms with van der Waals surface area (Å²) in [5.74, 6) is -0.858. The Balaban J connectivity index is 0.000000500. The molecule has 0 aliphatic heterocycles. The number of carbonyl (C=O) groups is 1. The molecular weight excluding hydrogens is 207 g/mol. The van der Waals surface area contributed by atoms with E-state index in [4.69, 9.17) is 0 Å². The van der Waals surface area contributed by atoms with E-state index in [1.54, 1.807) is 0 Å². The number of rotatable bonds is 1. The van der Waals surface area contributed by atoms with E-state index >= 15 is 0 Å². The van der Waals surface area contributed by atoms with Gasteiger partial charge in [-0.05, 0) is 19.3 Å². The van der Waals surface area contributed by atoms with Crippen molar-refractivity contribution in [3.8, 4) is 0 Å². The molecule has 2 nitrogen and oxygen atoms in total. The van der Waals surface area contributed by atoms with Crippen LogP contribution < -0.4 is 34.7 Å². The van der Waals surface area contributed by atoms with Crippen molar-refractivity contribution < 1.29 is 39.5 Å². The summed E-state index contributed by atoms with van der Waals surface area (Å²) in [7, 11) is 0. The summed E-state index contributed by atoms with van der Waals surface area (Å²) in [4.78, 5) is 10.4. The number of carboxylic acids is 1. The summed E-state index contributed by atoms with van der Waals surface area (Å²) in [6.07, 6.45) is 2.34. The van der Waals surface area contributed by atoms with Gasteiger partial charge >= 0.3 is 29.6 Å². The van der Waals surface area contributed by atoms with Crippen LogP contribution >= 0.6 is 15.9 Å². The first-order chi connectivity index (χ1) is 4.06. The van der Waals surface area contributed by atoms with Crippen molar-refractivity contribution in [1.82, 2.24) is 0 Å². The molecule has 0 saturated heterocycles. The normalized spacial score (nSPS) is 48.1. The molecule has 2 bridgehead atoms. The van der Waals surface area contributed by atoms with E-state index in [1.165, 1.54) is 0 Å². The molecule has 0 aromatic carbocycles. The fraction of sp³-hybridized carbons (Fsp3) is 0.833. The Morgan fingerprint density at radius 2 is 1.80 bits per heavy atom. The van der Waals surface area contributed by atoms with Crippen molar-refractivity contribution in [3.63, 3.8) is 0 Å². The molecule has 0 heterocycles. The molecule has 3 aliphatic carbocycles. The van der Waals surface area contributed by atoms with Gasteiger partial charge in [-0.25, -0.2) is 0 Å². The number of carbonyl (C=O) groups excluding carboxylic acids is 1. The van der Waals surface area contributed by atoms with Crippen LogP contribution in [-0.2, 0) is 4.79 Å². The molecular formula is C6H6BrNaO2. The van der Waals surface area contributed by atoms with Crippen LogP contribution in [0.4, 0.5) is 0 Å². The zero-order valence-electron chi connectivity index (χ0n) is 5.82. The molecule has 0 aromatic rings. The van der Waals surface area contributed by atoms with Crippen molar-refractivity contribution in [2.24, 2.45) is 5.41 Å². The number of hydrogen-bond acceptors (Lipinski definition) is 2. The van der Waals surface area contributed by atoms with Crippen molar-refractivity contribution >= 4 is 21.9 Å². The van der Waals surface area contributed by atoms with Gasteiger partial charge in [-0.2, -0.15) is 0 Å². The van der Waals surface area contributed by atoms with E-state index in [2.05, 4.69) is 15.9 Å². The van der Waals surface area contributed by atoms with E-state index in [0.717, 1.165) is 19.3 Å². The van der Waals surface area contributed by atoms with Gasteiger partial charge in [0.25, 0.3) is 0 Å². The molecule has 3 saturated carbocycles. The third-order valence-corrected chi connectivity index (χ3v) is 3.24. The monoisotopic (exact) mass is 212 g/mol. The van der Waals surface area contributed by atoms with Gasteiger partial charge in [0.2, 0.25) is 0 Å². The van der Waals surface area contributed by atoms with Gasteiger partial charge in [0.05, 0.1) is 0 Å². The number of halogens is 1. The Labute approximate surface area is 89.8 Å². The van der Waals surface area contributed by atoms with Gasteiger partial charge in [-0.15, -0.1) is 0 Å². The van der Waals surface area contributed by atoms with E-state index < -0.39 is 11.4 Å². The predicted octanol–water partition coefficient (Wildman–Crippen LogP) is -2.94. The van der Waals surface area contributed by atoms with Crippen LogP contribution in [0.25, 0.3) is 0 Å². The summed E-state index contributed by atoms with van der Waals surface area (Å²) in [6, 6.07) is 0. The predicted molar refractivity (Wildman–Crippen MR) is 32.9 cm³/mol.